The number of aromatic hydroxyl groups is 1. The smallest absolute Gasteiger partial charge is 0.316 e. The lowest BCUT2D eigenvalue weighted by atomic mass is 10.1. The molecule has 0 aromatic heterocycles. The number of phenolic OH excluding ortho intramolecular Hbond substituents is 1. The number of rotatable bonds is 4. The molecule has 0 fully saturated rings. The van der Waals surface area contributed by atoms with Crippen LogP contribution in [-0.2, 0) is 9.53 Å². The van der Waals surface area contributed by atoms with Crippen molar-refractivity contribution in [3.63, 3.8) is 0 Å². The summed E-state index contributed by atoms with van der Waals surface area (Å²) in [5.41, 5.74) is 0. The molecule has 0 spiro atoms. The number of carbonyl (C=O) groups is 1. The number of benzene rings is 2. The highest BCUT2D eigenvalue weighted by Gasteiger charge is 2.09. The molecule has 0 saturated heterocycles. The molecule has 2 rings (SSSR count). The van der Waals surface area contributed by atoms with Crippen LogP contribution in [0.2, 0.25) is 0 Å². The van der Waals surface area contributed by atoms with E-state index in [-0.39, 0.29) is 23.6 Å². The van der Waals surface area contributed by atoms with Gasteiger partial charge in [-0.05, 0) is 31.4 Å². The highest BCUT2D eigenvalue weighted by atomic mass is 32.2. The highest BCUT2D eigenvalue weighted by molar-refractivity contribution is 8.00. The Morgan fingerprint density at radius 1 is 1.21 bits per heavy atom. The summed E-state index contributed by atoms with van der Waals surface area (Å²) in [6.45, 7) is 3.66. The van der Waals surface area contributed by atoms with Crippen molar-refractivity contribution < 1.29 is 14.6 Å². The van der Waals surface area contributed by atoms with Crippen molar-refractivity contribution in [1.82, 2.24) is 0 Å². The van der Waals surface area contributed by atoms with E-state index in [4.69, 9.17) is 4.74 Å². The highest BCUT2D eigenvalue weighted by Crippen LogP contribution is 2.33. The molecule has 19 heavy (non-hydrogen) atoms. The van der Waals surface area contributed by atoms with Gasteiger partial charge in [-0.15, -0.1) is 11.8 Å². The zero-order valence-electron chi connectivity index (χ0n) is 10.9. The van der Waals surface area contributed by atoms with Crippen molar-refractivity contribution in [2.45, 2.75) is 24.8 Å². The van der Waals surface area contributed by atoms with E-state index in [1.54, 1.807) is 6.07 Å². The molecule has 100 valence electrons. The van der Waals surface area contributed by atoms with Crippen LogP contribution in [0, 0.1) is 0 Å². The molecule has 0 aliphatic carbocycles. The molecule has 2 aromatic carbocycles. The van der Waals surface area contributed by atoms with Crippen LogP contribution in [0.1, 0.15) is 13.8 Å². The Balaban J connectivity index is 2.17. The zero-order chi connectivity index (χ0) is 13.8. The van der Waals surface area contributed by atoms with Gasteiger partial charge in [-0.2, -0.15) is 0 Å². The third-order valence-corrected chi connectivity index (χ3v) is 3.62. The minimum Gasteiger partial charge on any atom is -0.507 e. The van der Waals surface area contributed by atoms with E-state index in [9.17, 15) is 9.90 Å². The number of ether oxygens (including phenoxy) is 1. The van der Waals surface area contributed by atoms with E-state index in [0.717, 1.165) is 15.7 Å². The summed E-state index contributed by atoms with van der Waals surface area (Å²) in [4.78, 5) is 12.5. The normalized spacial score (nSPS) is 10.9. The molecule has 0 saturated carbocycles. The van der Waals surface area contributed by atoms with E-state index in [0.29, 0.717) is 0 Å². The van der Waals surface area contributed by atoms with Crippen LogP contribution < -0.4 is 0 Å². The molecule has 0 aliphatic heterocycles. The summed E-state index contributed by atoms with van der Waals surface area (Å²) in [6, 6.07) is 11.1. The molecule has 0 aliphatic rings. The number of fused-ring (bicyclic) bond motifs is 1. The Morgan fingerprint density at radius 3 is 2.58 bits per heavy atom. The Kier molecular flexibility index (Phi) is 4.32. The SMILES string of the molecule is CC(C)OC(=O)CSc1ccc(O)c2ccccc12. The van der Waals surface area contributed by atoms with E-state index in [1.807, 2.05) is 44.2 Å². The van der Waals surface area contributed by atoms with E-state index < -0.39 is 0 Å². The fourth-order valence-corrected chi connectivity index (χ4v) is 2.65. The van der Waals surface area contributed by atoms with Gasteiger partial charge >= 0.3 is 5.97 Å². The van der Waals surface area contributed by atoms with Gasteiger partial charge in [0.15, 0.2) is 0 Å². The predicted octanol–water partition coefficient (Wildman–Crippen LogP) is 3.59. The summed E-state index contributed by atoms with van der Waals surface area (Å²) in [5.74, 6) is 0.300. The van der Waals surface area contributed by atoms with E-state index in [1.165, 1.54) is 11.8 Å². The Labute approximate surface area is 116 Å². The standard InChI is InChI=1S/C15H16O3S/c1-10(2)18-15(17)9-19-14-8-7-13(16)11-5-3-4-6-12(11)14/h3-8,10,16H,9H2,1-2H3. The van der Waals surface area contributed by atoms with Crippen molar-refractivity contribution in [3.8, 4) is 5.75 Å². The molecule has 2 aromatic rings. The quantitative estimate of drug-likeness (QED) is 0.684. The van der Waals surface area contributed by atoms with Crippen LogP contribution in [0.4, 0.5) is 0 Å². The number of esters is 1. The monoisotopic (exact) mass is 276 g/mol. The van der Waals surface area contributed by atoms with Crippen LogP contribution in [0.25, 0.3) is 10.8 Å². The van der Waals surface area contributed by atoms with Gasteiger partial charge in [0.05, 0.1) is 11.9 Å². The van der Waals surface area contributed by atoms with Crippen molar-refractivity contribution >= 4 is 28.5 Å². The lowest BCUT2D eigenvalue weighted by Gasteiger charge is -2.09. The lowest BCUT2D eigenvalue weighted by Crippen LogP contribution is -2.13. The lowest BCUT2D eigenvalue weighted by molar-refractivity contribution is -0.144. The number of phenols is 1. The molecule has 0 bridgehead atoms. The molecule has 3 nitrogen and oxygen atoms in total. The van der Waals surface area contributed by atoms with Crippen LogP contribution in [0.15, 0.2) is 41.3 Å². The Hall–Kier alpha value is -1.68. The second kappa shape index (κ2) is 5.97. The van der Waals surface area contributed by atoms with Crippen LogP contribution >= 0.6 is 11.8 Å². The van der Waals surface area contributed by atoms with Gasteiger partial charge in [0.2, 0.25) is 0 Å². The fourth-order valence-electron chi connectivity index (χ4n) is 1.81. The molecule has 0 heterocycles. The number of hydrogen-bond donors (Lipinski definition) is 1. The number of thioether (sulfide) groups is 1. The summed E-state index contributed by atoms with van der Waals surface area (Å²) in [7, 11) is 0. The average Bonchev–Trinajstić information content (AvgIpc) is 2.37. The Morgan fingerprint density at radius 2 is 1.89 bits per heavy atom. The molecule has 4 heteroatoms. The van der Waals surface area contributed by atoms with Gasteiger partial charge in [0.1, 0.15) is 5.75 Å². The summed E-state index contributed by atoms with van der Waals surface area (Å²) >= 11 is 1.42. The number of carbonyl (C=O) groups excluding carboxylic acids is 1. The molecule has 0 amide bonds. The third-order valence-electron chi connectivity index (χ3n) is 2.57. The summed E-state index contributed by atoms with van der Waals surface area (Å²) in [6.07, 6.45) is -0.0929. The van der Waals surface area contributed by atoms with Crippen molar-refractivity contribution in [2.75, 3.05) is 5.75 Å². The predicted molar refractivity (Wildman–Crippen MR) is 77.6 cm³/mol. The fraction of sp³-hybridized carbons (Fsp3) is 0.267. The van der Waals surface area contributed by atoms with E-state index >= 15 is 0 Å². The molecular formula is C15H16O3S. The van der Waals surface area contributed by atoms with Crippen molar-refractivity contribution in [1.29, 1.82) is 0 Å². The Bertz CT molecular complexity index is 593. The zero-order valence-corrected chi connectivity index (χ0v) is 11.7. The average molecular weight is 276 g/mol. The van der Waals surface area contributed by atoms with Crippen LogP contribution in [0.5, 0.6) is 5.75 Å². The molecular weight excluding hydrogens is 260 g/mol. The minimum absolute atomic E-state index is 0.0929. The van der Waals surface area contributed by atoms with Crippen molar-refractivity contribution in [2.24, 2.45) is 0 Å². The van der Waals surface area contributed by atoms with Gasteiger partial charge < -0.3 is 9.84 Å². The first-order valence-electron chi connectivity index (χ1n) is 6.11. The summed E-state index contributed by atoms with van der Waals surface area (Å²) < 4.78 is 5.10. The topological polar surface area (TPSA) is 46.5 Å². The molecule has 0 radical (unpaired) electrons. The number of hydrogen-bond acceptors (Lipinski definition) is 4. The molecule has 1 N–H and O–H groups in total. The van der Waals surface area contributed by atoms with Crippen molar-refractivity contribution in [3.05, 3.63) is 36.4 Å². The van der Waals surface area contributed by atoms with Gasteiger partial charge in [-0.25, -0.2) is 0 Å². The van der Waals surface area contributed by atoms with Gasteiger partial charge in [-0.1, -0.05) is 24.3 Å². The first kappa shape index (κ1) is 13.7. The maximum absolute atomic E-state index is 11.5. The maximum Gasteiger partial charge on any atom is 0.316 e. The van der Waals surface area contributed by atoms with Crippen LogP contribution in [0.3, 0.4) is 0 Å². The second-order valence-electron chi connectivity index (χ2n) is 4.46. The second-order valence-corrected chi connectivity index (χ2v) is 5.47. The van der Waals surface area contributed by atoms with E-state index in [2.05, 4.69) is 0 Å². The molecule has 0 atom stereocenters. The minimum atomic E-state index is -0.225. The largest absolute Gasteiger partial charge is 0.507 e. The maximum atomic E-state index is 11.5. The molecule has 0 unspecified atom stereocenters. The van der Waals surface area contributed by atoms with Gasteiger partial charge in [0, 0.05) is 10.3 Å². The summed E-state index contributed by atoms with van der Waals surface area (Å²) in [5, 5.41) is 11.5. The third kappa shape index (κ3) is 3.41. The first-order chi connectivity index (χ1) is 9.08. The van der Waals surface area contributed by atoms with Gasteiger partial charge in [0.25, 0.3) is 0 Å². The first-order valence-corrected chi connectivity index (χ1v) is 7.09. The van der Waals surface area contributed by atoms with Gasteiger partial charge in [-0.3, -0.25) is 4.79 Å². The van der Waals surface area contributed by atoms with Crippen LogP contribution in [-0.4, -0.2) is 22.9 Å².